The van der Waals surface area contributed by atoms with Crippen molar-refractivity contribution in [1.82, 2.24) is 0 Å². The van der Waals surface area contributed by atoms with Crippen molar-refractivity contribution in [2.24, 2.45) is 52.3 Å². The van der Waals surface area contributed by atoms with Crippen molar-refractivity contribution >= 4 is 15.4 Å². The van der Waals surface area contributed by atoms with Crippen LogP contribution in [0.3, 0.4) is 0 Å². The van der Waals surface area contributed by atoms with Crippen LogP contribution in [0, 0.1) is 52.3 Å². The van der Waals surface area contributed by atoms with E-state index < -0.39 is 8.32 Å². The van der Waals surface area contributed by atoms with E-state index >= 15 is 0 Å². The van der Waals surface area contributed by atoms with Crippen molar-refractivity contribution < 1.29 is 13.7 Å². The maximum absolute atomic E-state index is 7.20. The Bertz CT molecular complexity index is 1000. The topological polar surface area (TPSA) is 27.7 Å². The molecule has 0 amide bonds. The molecule has 5 fully saturated rings. The lowest BCUT2D eigenvalue weighted by molar-refractivity contribution is -0.130. The van der Waals surface area contributed by atoms with Gasteiger partial charge in [-0.25, -0.2) is 0 Å². The van der Waals surface area contributed by atoms with Crippen LogP contribution in [0.4, 0.5) is 0 Å². The molecule has 0 unspecified atom stereocenters. The maximum Gasteiger partial charge on any atom is 0.461 e. The molecule has 0 aromatic carbocycles. The van der Waals surface area contributed by atoms with Gasteiger partial charge in [0.25, 0.3) is 0 Å². The molecule has 5 rings (SSSR count). The Morgan fingerprint density at radius 2 is 1.36 bits per heavy atom. The molecule has 5 heteroatoms. The van der Waals surface area contributed by atoms with Crippen LogP contribution in [0.1, 0.15) is 154 Å². The van der Waals surface area contributed by atoms with E-state index in [4.69, 9.17) is 13.7 Å². The van der Waals surface area contributed by atoms with E-state index in [0.29, 0.717) is 28.7 Å². The molecule has 10 atom stereocenters. The van der Waals surface area contributed by atoms with E-state index in [2.05, 4.69) is 96.2 Å². The second-order valence-corrected chi connectivity index (χ2v) is 25.1. The van der Waals surface area contributed by atoms with Crippen LogP contribution in [-0.2, 0) is 13.7 Å². The Balaban J connectivity index is 1.43. The summed E-state index contributed by atoms with van der Waals surface area (Å²) in [6, 6.07) is 0. The van der Waals surface area contributed by atoms with Crippen LogP contribution >= 0.6 is 0 Å². The molecule has 0 radical (unpaired) electrons. The first-order valence-electron chi connectivity index (χ1n) is 19.2. The Labute approximate surface area is 275 Å². The molecule has 4 saturated carbocycles. The first kappa shape index (κ1) is 35.5. The number of hydrogen-bond donors (Lipinski definition) is 0. The molecule has 0 spiro atoms. The molecule has 5 aliphatic rings. The highest BCUT2D eigenvalue weighted by molar-refractivity contribution is 6.74. The fourth-order valence-electron chi connectivity index (χ4n) is 11.5. The Kier molecular flexibility index (Phi) is 9.62. The highest BCUT2D eigenvalue weighted by Gasteiger charge is 2.66. The monoisotopic (exact) mass is 629 g/mol. The summed E-state index contributed by atoms with van der Waals surface area (Å²) >= 11 is 0. The third kappa shape index (κ3) is 6.11. The van der Waals surface area contributed by atoms with Crippen LogP contribution < -0.4 is 0 Å². The van der Waals surface area contributed by atoms with Gasteiger partial charge in [-0.3, -0.25) is 0 Å². The van der Waals surface area contributed by atoms with Gasteiger partial charge >= 0.3 is 7.12 Å². The normalized spacial score (nSPS) is 42.6. The molecule has 4 aliphatic carbocycles. The molecule has 3 nitrogen and oxygen atoms in total. The minimum absolute atomic E-state index is 0.0998. The zero-order chi connectivity index (χ0) is 32.7. The summed E-state index contributed by atoms with van der Waals surface area (Å²) in [4.78, 5) is 0. The predicted molar refractivity (Wildman–Crippen MR) is 190 cm³/mol. The molecular formula is C39H73BO3Si. The van der Waals surface area contributed by atoms with Crippen LogP contribution in [0.5, 0.6) is 0 Å². The smallest absolute Gasteiger partial charge is 0.414 e. The van der Waals surface area contributed by atoms with E-state index in [1.807, 2.05) is 0 Å². The van der Waals surface area contributed by atoms with Crippen molar-refractivity contribution in [2.45, 2.75) is 195 Å². The molecular weight excluding hydrogens is 555 g/mol. The Hall–Kier alpha value is 0.162. The number of rotatable bonds is 8. The summed E-state index contributed by atoms with van der Waals surface area (Å²) in [6.07, 6.45) is 15.4. The van der Waals surface area contributed by atoms with Crippen LogP contribution in [0.25, 0.3) is 0 Å². The first-order chi connectivity index (χ1) is 20.1. The van der Waals surface area contributed by atoms with Gasteiger partial charge in [-0.2, -0.15) is 0 Å². The molecule has 44 heavy (non-hydrogen) atoms. The Morgan fingerprint density at radius 1 is 0.773 bits per heavy atom. The molecule has 0 N–H and O–H groups in total. The summed E-state index contributed by atoms with van der Waals surface area (Å²) < 4.78 is 21.1. The minimum Gasteiger partial charge on any atom is -0.414 e. The first-order valence-corrected chi connectivity index (χ1v) is 22.1. The van der Waals surface area contributed by atoms with Gasteiger partial charge in [-0.05, 0) is 155 Å². The molecule has 254 valence electrons. The summed E-state index contributed by atoms with van der Waals surface area (Å²) in [5, 5.41) is 0.245. The van der Waals surface area contributed by atoms with E-state index in [1.165, 1.54) is 70.6 Å². The van der Waals surface area contributed by atoms with Gasteiger partial charge in [0, 0.05) is 6.10 Å². The number of hydrogen-bond acceptors (Lipinski definition) is 3. The van der Waals surface area contributed by atoms with Gasteiger partial charge in [-0.1, -0.05) is 74.7 Å². The predicted octanol–water partition coefficient (Wildman–Crippen LogP) is 11.6. The lowest BCUT2D eigenvalue weighted by atomic mass is 9.38. The largest absolute Gasteiger partial charge is 0.461 e. The van der Waals surface area contributed by atoms with Gasteiger partial charge < -0.3 is 13.7 Å². The highest BCUT2D eigenvalue weighted by atomic mass is 28.4. The zero-order valence-electron chi connectivity index (χ0n) is 31.8. The van der Waals surface area contributed by atoms with Crippen LogP contribution in [-0.4, -0.2) is 32.7 Å². The lowest BCUT2D eigenvalue weighted by Gasteiger charge is -2.64. The summed E-state index contributed by atoms with van der Waals surface area (Å²) in [6.45, 7) is 33.9. The lowest BCUT2D eigenvalue weighted by Crippen LogP contribution is -2.58. The van der Waals surface area contributed by atoms with Gasteiger partial charge in [0.1, 0.15) is 0 Å². The summed E-state index contributed by atoms with van der Waals surface area (Å²) in [7, 11) is -1.93. The van der Waals surface area contributed by atoms with Crippen molar-refractivity contribution in [3.05, 3.63) is 0 Å². The quantitative estimate of drug-likeness (QED) is 0.250. The summed E-state index contributed by atoms with van der Waals surface area (Å²) in [5.74, 6) is 6.16. The molecule has 1 saturated heterocycles. The Morgan fingerprint density at radius 3 is 1.95 bits per heavy atom. The number of fused-ring (bicyclic) bond motifs is 5. The minimum atomic E-state index is -1.83. The van der Waals surface area contributed by atoms with Crippen molar-refractivity contribution in [3.63, 3.8) is 0 Å². The van der Waals surface area contributed by atoms with Crippen molar-refractivity contribution in [1.29, 1.82) is 0 Å². The van der Waals surface area contributed by atoms with Gasteiger partial charge in [0.15, 0.2) is 8.32 Å². The standard InChI is InChI=1S/C39H73BO3Si/c1-26(2)16-15-17-27(3)30-18-19-31-29-25-34(40-42-36(7,8)37(9,10)43-40)33-24-28(41-44(13,14)35(4,5)6)20-22-39(33,12)32(29)21-23-38(30,31)11/h26-34H,15-25H2,1-14H3/t27-,28+,29+,30-,31+,32+,33-,34+,38-,39-/m1/s1. The average Bonchev–Trinajstić information content (AvgIpc) is 3.34. The second kappa shape index (κ2) is 11.9. The third-order valence-corrected chi connectivity index (χ3v) is 20.3. The highest BCUT2D eigenvalue weighted by Crippen LogP contribution is 2.71. The fourth-order valence-corrected chi connectivity index (χ4v) is 12.9. The SMILES string of the molecule is CC(C)CCC[C@@H](C)[C@H]1CC[C@H]2[C@@H]3C[C@H](B4OC(C)(C)C(C)(C)O4)[C@H]4C[C@@H](O[Si](C)(C)C(C)(C)C)CC[C@]4(C)[C@H]3CC[C@]12C. The molecule has 0 aromatic heterocycles. The van der Waals surface area contributed by atoms with Gasteiger partial charge in [0.2, 0.25) is 0 Å². The van der Waals surface area contributed by atoms with Gasteiger partial charge in [0.05, 0.1) is 11.2 Å². The van der Waals surface area contributed by atoms with E-state index in [9.17, 15) is 0 Å². The van der Waals surface area contributed by atoms with Crippen LogP contribution in [0.15, 0.2) is 0 Å². The average molecular weight is 629 g/mol. The fraction of sp³-hybridized carbons (Fsp3) is 1.00. The van der Waals surface area contributed by atoms with E-state index in [-0.39, 0.29) is 23.4 Å². The second-order valence-electron chi connectivity index (χ2n) is 20.3. The molecule has 1 aliphatic heterocycles. The zero-order valence-corrected chi connectivity index (χ0v) is 32.8. The molecule has 1 heterocycles. The van der Waals surface area contributed by atoms with Crippen molar-refractivity contribution in [2.75, 3.05) is 0 Å². The van der Waals surface area contributed by atoms with E-state index in [0.717, 1.165) is 35.5 Å². The van der Waals surface area contributed by atoms with E-state index in [1.54, 1.807) is 0 Å². The maximum atomic E-state index is 7.20. The third-order valence-electron chi connectivity index (χ3n) is 15.8. The van der Waals surface area contributed by atoms with Gasteiger partial charge in [-0.15, -0.1) is 0 Å². The van der Waals surface area contributed by atoms with Crippen molar-refractivity contribution in [3.8, 4) is 0 Å². The summed E-state index contributed by atoms with van der Waals surface area (Å²) in [5.41, 5.74) is 0.306. The van der Waals surface area contributed by atoms with Crippen LogP contribution in [0.2, 0.25) is 23.9 Å². The molecule has 0 aromatic rings. The molecule has 0 bridgehead atoms.